The van der Waals surface area contributed by atoms with Gasteiger partial charge in [-0.3, -0.25) is 13.6 Å². The molecule has 18 heteroatoms. The van der Waals surface area contributed by atoms with Gasteiger partial charge < -0.3 is 44.3 Å². The predicted octanol–water partition coefficient (Wildman–Crippen LogP) is -2.83. The van der Waals surface area contributed by atoms with E-state index in [1.54, 1.807) is 0 Å². The molecule has 25 heavy (non-hydrogen) atoms. The van der Waals surface area contributed by atoms with E-state index in [0.717, 1.165) is 0 Å². The molecule has 0 aromatic carbocycles. The summed E-state index contributed by atoms with van der Waals surface area (Å²) in [7, 11) is -15.6. The van der Waals surface area contributed by atoms with Crippen LogP contribution in [0, 0.1) is 0 Å². The highest BCUT2D eigenvalue weighted by atomic mass is 31.2. The van der Waals surface area contributed by atoms with Crippen LogP contribution in [0.3, 0.4) is 0 Å². The number of rotatable bonds is 8. The van der Waals surface area contributed by atoms with E-state index in [0.29, 0.717) is 0 Å². The average molecular weight is 434 g/mol. The fourth-order valence-electron chi connectivity index (χ4n) is 2.02. The molecular formula is C7H17O15P3. The Morgan fingerprint density at radius 2 is 1.28 bits per heavy atom. The van der Waals surface area contributed by atoms with Crippen LogP contribution in [0.2, 0.25) is 0 Å². The average Bonchev–Trinajstić information content (AvgIpc) is 2.38. The van der Waals surface area contributed by atoms with Crippen molar-refractivity contribution in [1.82, 2.24) is 0 Å². The SMILES string of the molecule is O=P(O)(O)OC[C@@H]1O[C@H](CO)[C@@H](OP(=O)(O)O)[C@H](OP(=O)(O)O)[C@H]1O. The van der Waals surface area contributed by atoms with Gasteiger partial charge in [-0.25, -0.2) is 13.7 Å². The lowest BCUT2D eigenvalue weighted by Gasteiger charge is -2.43. The van der Waals surface area contributed by atoms with Crippen molar-refractivity contribution < 1.29 is 71.6 Å². The second-order valence-corrected chi connectivity index (χ2v) is 8.42. The zero-order valence-corrected chi connectivity index (χ0v) is 14.8. The minimum atomic E-state index is -5.31. The van der Waals surface area contributed by atoms with Crippen LogP contribution in [0.1, 0.15) is 0 Å². The highest BCUT2D eigenvalue weighted by Gasteiger charge is 2.51. The molecule has 15 nitrogen and oxygen atoms in total. The van der Waals surface area contributed by atoms with Crippen LogP contribution in [0.4, 0.5) is 0 Å². The molecule has 0 bridgehead atoms. The molecule has 1 aliphatic heterocycles. The van der Waals surface area contributed by atoms with E-state index in [2.05, 4.69) is 13.6 Å². The molecule has 8 N–H and O–H groups in total. The van der Waals surface area contributed by atoms with Crippen molar-refractivity contribution in [2.45, 2.75) is 30.5 Å². The summed E-state index contributed by atoms with van der Waals surface area (Å²) in [5.41, 5.74) is 0. The lowest BCUT2D eigenvalue weighted by Crippen LogP contribution is -2.60. The summed E-state index contributed by atoms with van der Waals surface area (Å²) in [6, 6.07) is 0. The molecule has 1 aliphatic rings. The van der Waals surface area contributed by atoms with Crippen LogP contribution >= 0.6 is 23.5 Å². The molecule has 150 valence electrons. The minimum absolute atomic E-state index is 0.994. The van der Waals surface area contributed by atoms with Crippen LogP contribution in [0.5, 0.6) is 0 Å². The van der Waals surface area contributed by atoms with Crippen molar-refractivity contribution in [1.29, 1.82) is 0 Å². The van der Waals surface area contributed by atoms with E-state index in [1.165, 1.54) is 0 Å². The van der Waals surface area contributed by atoms with Gasteiger partial charge in [0.05, 0.1) is 13.2 Å². The van der Waals surface area contributed by atoms with E-state index < -0.39 is 67.2 Å². The Balaban J connectivity index is 3.10. The van der Waals surface area contributed by atoms with Gasteiger partial charge in [0.1, 0.15) is 30.5 Å². The first-order valence-electron chi connectivity index (χ1n) is 6.25. The maximum atomic E-state index is 11.0. The van der Waals surface area contributed by atoms with Crippen molar-refractivity contribution in [2.75, 3.05) is 13.2 Å². The summed E-state index contributed by atoms with van der Waals surface area (Å²) in [6.07, 6.45) is -9.63. The van der Waals surface area contributed by atoms with Crippen molar-refractivity contribution in [3.05, 3.63) is 0 Å². The summed E-state index contributed by atoms with van der Waals surface area (Å²) in [5, 5.41) is 19.3. The normalized spacial score (nSPS) is 31.9. The first-order valence-corrected chi connectivity index (χ1v) is 10.8. The Morgan fingerprint density at radius 3 is 1.68 bits per heavy atom. The maximum Gasteiger partial charge on any atom is 0.470 e. The smallest absolute Gasteiger partial charge is 0.394 e. The Morgan fingerprint density at radius 1 is 0.800 bits per heavy atom. The molecule has 0 unspecified atom stereocenters. The molecule has 5 atom stereocenters. The van der Waals surface area contributed by atoms with Gasteiger partial charge in [0, 0.05) is 0 Å². The number of hydrogen-bond acceptors (Lipinski definition) is 9. The van der Waals surface area contributed by atoms with Crippen LogP contribution in [-0.2, 0) is 32.0 Å². The van der Waals surface area contributed by atoms with Crippen LogP contribution in [0.15, 0.2) is 0 Å². The number of aliphatic hydroxyl groups is 2. The summed E-state index contributed by atoms with van der Waals surface area (Å²) in [4.78, 5) is 52.7. The third-order valence-corrected chi connectivity index (χ3v) is 4.38. The number of aliphatic hydroxyl groups excluding tert-OH is 2. The maximum absolute atomic E-state index is 11.0. The summed E-state index contributed by atoms with van der Waals surface area (Å²) in [5.74, 6) is 0. The van der Waals surface area contributed by atoms with Gasteiger partial charge in [0.25, 0.3) is 0 Å². The Kier molecular flexibility index (Phi) is 7.89. The highest BCUT2D eigenvalue weighted by molar-refractivity contribution is 7.46. The van der Waals surface area contributed by atoms with Gasteiger partial charge in [-0.2, -0.15) is 0 Å². The number of phosphoric ester groups is 3. The summed E-state index contributed by atoms with van der Waals surface area (Å²) in [6.45, 7) is -2.00. The van der Waals surface area contributed by atoms with Crippen LogP contribution < -0.4 is 0 Å². The first-order chi connectivity index (χ1) is 11.1. The van der Waals surface area contributed by atoms with Crippen molar-refractivity contribution in [2.24, 2.45) is 0 Å². The molecule has 0 radical (unpaired) electrons. The molecule has 0 spiro atoms. The van der Waals surface area contributed by atoms with Crippen molar-refractivity contribution >= 4 is 23.5 Å². The quantitative estimate of drug-likeness (QED) is 0.179. The lowest BCUT2D eigenvalue weighted by molar-refractivity contribution is -0.227. The Hall–Kier alpha value is 0.210. The summed E-state index contributed by atoms with van der Waals surface area (Å²) < 4.78 is 50.3. The molecule has 0 saturated carbocycles. The first kappa shape index (κ1) is 23.2. The predicted molar refractivity (Wildman–Crippen MR) is 73.6 cm³/mol. The lowest BCUT2D eigenvalue weighted by atomic mass is 9.95. The van der Waals surface area contributed by atoms with Crippen LogP contribution in [0.25, 0.3) is 0 Å². The van der Waals surface area contributed by atoms with Crippen molar-refractivity contribution in [3.8, 4) is 0 Å². The molecule has 0 aromatic heterocycles. The van der Waals surface area contributed by atoms with E-state index in [4.69, 9.17) is 34.1 Å². The number of hydrogen-bond donors (Lipinski definition) is 8. The standard InChI is InChI=1S/C7H17O15P3/c8-1-3-6(21-24(13,14)15)7(22-25(16,17)18)5(9)4(20-3)2-19-23(10,11)12/h3-9H,1-2H2,(H2,10,11,12)(H2,13,14,15)(H2,16,17,18)/t3-,4+,5+,6-,7-/m1/s1. The second-order valence-electron chi connectivity index (χ2n) is 4.79. The van der Waals surface area contributed by atoms with Crippen molar-refractivity contribution in [3.63, 3.8) is 0 Å². The third-order valence-electron chi connectivity index (χ3n) is 2.86. The molecule has 0 aromatic rings. The molecule has 1 rings (SSSR count). The second kappa shape index (κ2) is 8.48. The zero-order valence-electron chi connectivity index (χ0n) is 12.1. The van der Waals surface area contributed by atoms with Gasteiger partial charge in [0.15, 0.2) is 0 Å². The zero-order chi connectivity index (χ0) is 19.6. The fourth-order valence-corrected chi connectivity index (χ4v) is 3.50. The largest absolute Gasteiger partial charge is 0.470 e. The van der Waals surface area contributed by atoms with E-state index >= 15 is 0 Å². The topological polar surface area (TPSA) is 250 Å². The molecule has 1 heterocycles. The van der Waals surface area contributed by atoms with Gasteiger partial charge >= 0.3 is 23.5 Å². The van der Waals surface area contributed by atoms with Gasteiger partial charge in [0.2, 0.25) is 0 Å². The summed E-state index contributed by atoms with van der Waals surface area (Å²) >= 11 is 0. The minimum Gasteiger partial charge on any atom is -0.394 e. The Labute approximate surface area is 139 Å². The third kappa shape index (κ3) is 8.18. The van der Waals surface area contributed by atoms with Gasteiger partial charge in [-0.05, 0) is 0 Å². The molecule has 0 aliphatic carbocycles. The van der Waals surface area contributed by atoms with Gasteiger partial charge in [-0.15, -0.1) is 0 Å². The number of phosphoric acid groups is 3. The molecule has 1 fully saturated rings. The number of ether oxygens (including phenoxy) is 1. The molecular weight excluding hydrogens is 417 g/mol. The molecule has 0 amide bonds. The van der Waals surface area contributed by atoms with Crippen LogP contribution in [-0.4, -0.2) is 83.3 Å². The highest BCUT2D eigenvalue weighted by Crippen LogP contribution is 2.47. The van der Waals surface area contributed by atoms with E-state index in [1.807, 2.05) is 0 Å². The Bertz CT molecular complexity index is 576. The van der Waals surface area contributed by atoms with E-state index in [9.17, 15) is 23.9 Å². The molecule has 1 saturated heterocycles. The monoisotopic (exact) mass is 434 g/mol. The van der Waals surface area contributed by atoms with E-state index in [-0.39, 0.29) is 0 Å². The van der Waals surface area contributed by atoms with Gasteiger partial charge in [-0.1, -0.05) is 0 Å². The fraction of sp³-hybridized carbons (Fsp3) is 1.00.